The third kappa shape index (κ3) is 2.37. The number of benzene rings is 1. The Hall–Kier alpha value is -1.95. The highest BCUT2D eigenvalue weighted by Crippen LogP contribution is 2.24. The van der Waals surface area contributed by atoms with Gasteiger partial charge in [-0.1, -0.05) is 24.3 Å². The van der Waals surface area contributed by atoms with Crippen LogP contribution in [-0.2, 0) is 9.84 Å². The molecular weight excluding hydrogens is 300 g/mol. The second kappa shape index (κ2) is 5.35. The van der Waals surface area contributed by atoms with Crippen LogP contribution in [0.15, 0.2) is 36.5 Å². The predicted molar refractivity (Wildman–Crippen MR) is 85.5 cm³/mol. The monoisotopic (exact) mass is 318 g/mol. The van der Waals surface area contributed by atoms with Crippen LogP contribution >= 0.6 is 0 Å². The van der Waals surface area contributed by atoms with E-state index in [9.17, 15) is 13.2 Å². The number of hydrogen-bond acceptors (Lipinski definition) is 4. The van der Waals surface area contributed by atoms with Crippen molar-refractivity contribution in [3.05, 3.63) is 42.2 Å². The molecule has 1 aliphatic heterocycles. The molecule has 0 radical (unpaired) electrons. The number of carbonyl (C=O) groups is 1. The van der Waals surface area contributed by atoms with Crippen molar-refractivity contribution in [2.24, 2.45) is 0 Å². The fourth-order valence-electron chi connectivity index (χ4n) is 2.88. The Kier molecular flexibility index (Phi) is 3.64. The molecule has 0 saturated carbocycles. The van der Waals surface area contributed by atoms with Crippen LogP contribution in [0.3, 0.4) is 0 Å². The number of sulfone groups is 1. The van der Waals surface area contributed by atoms with Crippen LogP contribution in [0.2, 0.25) is 0 Å². The normalized spacial score (nSPS) is 24.4. The first kappa shape index (κ1) is 15.0. The summed E-state index contributed by atoms with van der Waals surface area (Å²) in [6, 6.07) is 9.08. The number of carbonyl (C=O) groups excluding carboxylic acids is 1. The van der Waals surface area contributed by atoms with Crippen molar-refractivity contribution in [3.63, 3.8) is 0 Å². The van der Waals surface area contributed by atoms with Crippen molar-refractivity contribution in [1.82, 2.24) is 9.88 Å². The van der Waals surface area contributed by atoms with Crippen LogP contribution < -0.4 is 0 Å². The van der Waals surface area contributed by atoms with E-state index in [1.807, 2.05) is 30.3 Å². The Bertz CT molecular complexity index is 827. The van der Waals surface area contributed by atoms with E-state index in [4.69, 9.17) is 0 Å². The molecule has 0 unspecified atom stereocenters. The number of hydrogen-bond donors (Lipinski definition) is 0. The van der Waals surface area contributed by atoms with Gasteiger partial charge in [0.2, 0.25) is 0 Å². The molecule has 6 heteroatoms. The van der Waals surface area contributed by atoms with Gasteiger partial charge in [0, 0.05) is 24.2 Å². The summed E-state index contributed by atoms with van der Waals surface area (Å²) in [5.74, 6) is -0.194. The Morgan fingerprint density at radius 1 is 1.23 bits per heavy atom. The zero-order chi connectivity index (χ0) is 15.9. The van der Waals surface area contributed by atoms with Crippen LogP contribution in [0.25, 0.3) is 10.8 Å². The maximum absolute atomic E-state index is 12.8. The molecule has 1 aromatic carbocycles. The summed E-state index contributed by atoms with van der Waals surface area (Å²) in [7, 11) is -3.12. The molecule has 1 amide bonds. The minimum Gasteiger partial charge on any atom is -0.332 e. The molecule has 1 aromatic heterocycles. The van der Waals surface area contributed by atoms with E-state index in [0.717, 1.165) is 10.8 Å². The van der Waals surface area contributed by atoms with Crippen LogP contribution in [0, 0.1) is 0 Å². The summed E-state index contributed by atoms with van der Waals surface area (Å²) >= 11 is 0. The van der Waals surface area contributed by atoms with E-state index >= 15 is 0 Å². The van der Waals surface area contributed by atoms with E-state index in [0.29, 0.717) is 5.69 Å². The van der Waals surface area contributed by atoms with Gasteiger partial charge in [-0.2, -0.15) is 0 Å². The average Bonchev–Trinajstić information content (AvgIpc) is 2.52. The van der Waals surface area contributed by atoms with Crippen molar-refractivity contribution in [2.75, 3.05) is 12.3 Å². The molecule has 3 rings (SSSR count). The maximum Gasteiger partial charge on any atom is 0.273 e. The van der Waals surface area contributed by atoms with E-state index < -0.39 is 15.1 Å². The average molecular weight is 318 g/mol. The third-order valence-corrected chi connectivity index (χ3v) is 6.77. The molecule has 2 aromatic rings. The molecule has 116 valence electrons. The van der Waals surface area contributed by atoms with Crippen molar-refractivity contribution >= 4 is 26.5 Å². The first-order valence-electron chi connectivity index (χ1n) is 7.28. The topological polar surface area (TPSA) is 67.3 Å². The second-order valence-electron chi connectivity index (χ2n) is 5.69. The number of aromatic nitrogens is 1. The predicted octanol–water partition coefficient (Wildman–Crippen LogP) is 1.88. The lowest BCUT2D eigenvalue weighted by Crippen LogP contribution is -2.54. The summed E-state index contributed by atoms with van der Waals surface area (Å²) < 4.78 is 23.9. The molecule has 0 aliphatic carbocycles. The first-order valence-corrected chi connectivity index (χ1v) is 8.99. The molecular formula is C16H18N2O3S. The molecule has 1 aliphatic rings. The zero-order valence-electron chi connectivity index (χ0n) is 12.6. The molecule has 0 spiro atoms. The molecule has 22 heavy (non-hydrogen) atoms. The van der Waals surface area contributed by atoms with Crippen LogP contribution in [-0.4, -0.2) is 47.8 Å². The van der Waals surface area contributed by atoms with Crippen LogP contribution in [0.5, 0.6) is 0 Å². The minimum atomic E-state index is -3.12. The van der Waals surface area contributed by atoms with Gasteiger partial charge in [0.05, 0.1) is 11.0 Å². The molecule has 2 heterocycles. The Labute approximate surface area is 129 Å². The van der Waals surface area contributed by atoms with Gasteiger partial charge in [0.1, 0.15) is 5.69 Å². The molecule has 1 fully saturated rings. The first-order chi connectivity index (χ1) is 10.4. The highest BCUT2D eigenvalue weighted by atomic mass is 32.2. The quantitative estimate of drug-likeness (QED) is 0.805. The lowest BCUT2D eigenvalue weighted by atomic mass is 10.1. The summed E-state index contributed by atoms with van der Waals surface area (Å²) in [6.45, 7) is 3.66. The Morgan fingerprint density at radius 2 is 1.95 bits per heavy atom. The zero-order valence-corrected chi connectivity index (χ0v) is 13.4. The van der Waals surface area contributed by atoms with Crippen molar-refractivity contribution in [3.8, 4) is 0 Å². The van der Waals surface area contributed by atoms with Gasteiger partial charge in [-0.3, -0.25) is 9.78 Å². The molecule has 0 bridgehead atoms. The van der Waals surface area contributed by atoms with E-state index in [1.54, 1.807) is 24.9 Å². The fraction of sp³-hybridized carbons (Fsp3) is 0.375. The Balaban J connectivity index is 2.00. The Morgan fingerprint density at radius 3 is 2.73 bits per heavy atom. The molecule has 2 atom stereocenters. The van der Waals surface area contributed by atoms with Crippen LogP contribution in [0.4, 0.5) is 0 Å². The minimum absolute atomic E-state index is 0.00894. The number of amides is 1. The van der Waals surface area contributed by atoms with E-state index in [1.165, 1.54) is 0 Å². The lowest BCUT2D eigenvalue weighted by molar-refractivity contribution is 0.0689. The number of nitrogens with zero attached hydrogens (tertiary/aromatic N) is 2. The summed E-state index contributed by atoms with van der Waals surface area (Å²) in [5.41, 5.74) is 0.386. The van der Waals surface area contributed by atoms with Gasteiger partial charge in [-0.05, 0) is 25.3 Å². The second-order valence-corrected chi connectivity index (χ2v) is 8.17. The summed E-state index contributed by atoms with van der Waals surface area (Å²) in [5, 5.41) is 1.19. The van der Waals surface area contributed by atoms with Crippen LogP contribution in [0.1, 0.15) is 24.3 Å². The van der Waals surface area contributed by atoms with Gasteiger partial charge < -0.3 is 4.90 Å². The van der Waals surface area contributed by atoms with Crippen molar-refractivity contribution in [2.45, 2.75) is 25.1 Å². The SMILES string of the molecule is C[C@H]1[C@H](C)S(=O)(=O)CCN1C(=O)c1nccc2ccccc12. The highest BCUT2D eigenvalue weighted by Gasteiger charge is 2.38. The highest BCUT2D eigenvalue weighted by molar-refractivity contribution is 7.92. The smallest absolute Gasteiger partial charge is 0.273 e. The van der Waals surface area contributed by atoms with Gasteiger partial charge in [0.15, 0.2) is 9.84 Å². The third-order valence-electron chi connectivity index (χ3n) is 4.49. The van der Waals surface area contributed by atoms with Gasteiger partial charge >= 0.3 is 0 Å². The fourth-order valence-corrected chi connectivity index (χ4v) is 4.45. The van der Waals surface area contributed by atoms with Crippen molar-refractivity contribution in [1.29, 1.82) is 0 Å². The standard InChI is InChI=1S/C16H18N2O3S/c1-11-12(2)22(20,21)10-9-18(11)16(19)15-14-6-4-3-5-13(14)7-8-17-15/h3-8,11-12H,9-10H2,1-2H3/t11-,12-/m0/s1. The summed E-state index contributed by atoms with van der Waals surface area (Å²) in [6.07, 6.45) is 1.62. The van der Waals surface area contributed by atoms with Gasteiger partial charge in [-0.25, -0.2) is 8.42 Å². The van der Waals surface area contributed by atoms with E-state index in [2.05, 4.69) is 4.98 Å². The molecule has 5 nitrogen and oxygen atoms in total. The number of rotatable bonds is 1. The van der Waals surface area contributed by atoms with Gasteiger partial charge in [-0.15, -0.1) is 0 Å². The summed E-state index contributed by atoms with van der Waals surface area (Å²) in [4.78, 5) is 18.7. The molecule has 0 N–H and O–H groups in total. The van der Waals surface area contributed by atoms with Crippen molar-refractivity contribution < 1.29 is 13.2 Å². The van der Waals surface area contributed by atoms with Gasteiger partial charge in [0.25, 0.3) is 5.91 Å². The number of pyridine rings is 1. The number of fused-ring (bicyclic) bond motifs is 1. The lowest BCUT2D eigenvalue weighted by Gasteiger charge is -2.37. The largest absolute Gasteiger partial charge is 0.332 e. The maximum atomic E-state index is 12.8. The van der Waals surface area contributed by atoms with E-state index in [-0.39, 0.29) is 24.2 Å². The molecule has 1 saturated heterocycles.